The molecule has 3 fully saturated rings. The van der Waals surface area contributed by atoms with Gasteiger partial charge in [-0.3, -0.25) is 9.59 Å². The van der Waals surface area contributed by atoms with Crippen LogP contribution in [0.1, 0.15) is 84.8 Å². The maximum absolute atomic E-state index is 12.8. The van der Waals surface area contributed by atoms with E-state index in [9.17, 15) is 9.59 Å². The van der Waals surface area contributed by atoms with Crippen molar-refractivity contribution >= 4 is 29.2 Å². The van der Waals surface area contributed by atoms with Gasteiger partial charge in [0.05, 0.1) is 12.5 Å². The van der Waals surface area contributed by atoms with Gasteiger partial charge in [-0.05, 0) is 92.6 Å². The second-order valence-corrected chi connectivity index (χ2v) is 13.6. The summed E-state index contributed by atoms with van der Waals surface area (Å²) in [6.07, 6.45) is 12.1. The molecule has 264 valence electrons. The van der Waals surface area contributed by atoms with E-state index >= 15 is 0 Å². The Morgan fingerprint density at radius 2 is 1.75 bits per heavy atom. The molecule has 2 aliphatic carbocycles. The highest BCUT2D eigenvalue weighted by molar-refractivity contribution is 5.97. The van der Waals surface area contributed by atoms with Gasteiger partial charge in [0.15, 0.2) is 0 Å². The molecular weight excluding hydrogens is 602 g/mol. The highest BCUT2D eigenvalue weighted by atomic mass is 16.5. The molecule has 0 radical (unpaired) electrons. The van der Waals surface area contributed by atoms with E-state index in [2.05, 4.69) is 46.8 Å². The number of rotatable bonds is 7. The van der Waals surface area contributed by atoms with Crippen LogP contribution < -0.4 is 26.4 Å². The van der Waals surface area contributed by atoms with Crippen molar-refractivity contribution < 1.29 is 19.4 Å². The molecule has 0 bridgehead atoms. The number of aliphatic hydroxyl groups is 1. The molecule has 0 spiro atoms. The van der Waals surface area contributed by atoms with Gasteiger partial charge in [-0.25, -0.2) is 0 Å². The lowest BCUT2D eigenvalue weighted by Crippen LogP contribution is -2.45. The molecule has 6 rings (SSSR count). The van der Waals surface area contributed by atoms with Crippen molar-refractivity contribution in [3.05, 3.63) is 71.3 Å². The molecule has 2 unspecified atom stereocenters. The molecule has 4 aliphatic rings. The van der Waals surface area contributed by atoms with Gasteiger partial charge in [0.1, 0.15) is 5.75 Å². The number of nitrogens with two attached hydrogens (primary N) is 2. The topological polar surface area (TPSA) is 134 Å². The Bertz CT molecular complexity index is 1410. The van der Waals surface area contributed by atoms with E-state index in [1.165, 1.54) is 44.5 Å². The number of amides is 2. The number of fused-ring (bicyclic) bond motifs is 4. The molecule has 9 nitrogen and oxygen atoms in total. The van der Waals surface area contributed by atoms with Crippen LogP contribution in [0.25, 0.3) is 11.6 Å². The van der Waals surface area contributed by atoms with Crippen LogP contribution in [0.3, 0.4) is 0 Å². The summed E-state index contributed by atoms with van der Waals surface area (Å²) in [7, 11) is 8.40. The predicted molar refractivity (Wildman–Crippen MR) is 198 cm³/mol. The summed E-state index contributed by atoms with van der Waals surface area (Å²) in [6, 6.07) is 11.9. The zero-order valence-electron chi connectivity index (χ0n) is 30.1. The fraction of sp³-hybridized carbons (Fsp3) is 0.538. The van der Waals surface area contributed by atoms with Crippen LogP contribution in [0.15, 0.2) is 49.1 Å². The predicted octanol–water partition coefficient (Wildman–Crippen LogP) is 5.28. The van der Waals surface area contributed by atoms with Gasteiger partial charge in [-0.15, -0.1) is 6.58 Å². The van der Waals surface area contributed by atoms with Crippen molar-refractivity contribution in [2.75, 3.05) is 66.4 Å². The second-order valence-electron chi connectivity index (χ2n) is 13.6. The third-order valence-electron chi connectivity index (χ3n) is 9.90. The van der Waals surface area contributed by atoms with Gasteiger partial charge in [0, 0.05) is 63.1 Å². The van der Waals surface area contributed by atoms with Gasteiger partial charge in [-0.1, -0.05) is 50.5 Å². The minimum atomic E-state index is -0.661. The summed E-state index contributed by atoms with van der Waals surface area (Å²) in [4.78, 5) is 29.3. The maximum Gasteiger partial charge on any atom is 0.248 e. The number of ether oxygens (including phenoxy) is 1. The monoisotopic (exact) mass is 661 g/mol. The molecule has 2 heterocycles. The molecule has 6 N–H and O–H groups in total. The molecule has 48 heavy (non-hydrogen) atoms. The molecule has 2 aliphatic heterocycles. The van der Waals surface area contributed by atoms with Crippen LogP contribution in [0.5, 0.6) is 5.75 Å². The smallest absolute Gasteiger partial charge is 0.248 e. The minimum absolute atomic E-state index is 0.0299. The number of nitrogens with one attached hydrogen (secondary N) is 1. The van der Waals surface area contributed by atoms with Crippen LogP contribution in [0.4, 0.5) is 5.69 Å². The van der Waals surface area contributed by atoms with Crippen molar-refractivity contribution in [3.63, 3.8) is 0 Å². The zero-order chi connectivity index (χ0) is 35.4. The molecule has 1 saturated heterocycles. The minimum Gasteiger partial charge on any atom is -0.497 e. The summed E-state index contributed by atoms with van der Waals surface area (Å²) in [5.41, 5.74) is 17.0. The van der Waals surface area contributed by atoms with E-state index in [4.69, 9.17) is 21.3 Å². The zero-order valence-corrected chi connectivity index (χ0v) is 30.1. The number of carbonyl (C=O) groups is 2. The lowest BCUT2D eigenvalue weighted by atomic mass is 9.78. The number of hydrogen-bond donors (Lipinski definition) is 4. The van der Waals surface area contributed by atoms with E-state index in [0.29, 0.717) is 24.4 Å². The normalized spacial score (nSPS) is 22.8. The van der Waals surface area contributed by atoms with Gasteiger partial charge in [-0.2, -0.15) is 0 Å². The highest BCUT2D eigenvalue weighted by Gasteiger charge is 2.60. The fourth-order valence-electron chi connectivity index (χ4n) is 7.39. The lowest BCUT2D eigenvalue weighted by Gasteiger charge is -2.36. The Balaban J connectivity index is 0.000000376. The number of methoxy groups -OCH3 is 1. The maximum atomic E-state index is 12.8. The van der Waals surface area contributed by atoms with Crippen LogP contribution in [-0.2, 0) is 4.79 Å². The van der Waals surface area contributed by atoms with Gasteiger partial charge < -0.3 is 36.4 Å². The summed E-state index contributed by atoms with van der Waals surface area (Å²) in [5.74, 6) is 1.45. The van der Waals surface area contributed by atoms with Crippen LogP contribution >= 0.6 is 0 Å². The molecule has 2 amide bonds. The molecule has 0 aromatic heterocycles. The van der Waals surface area contributed by atoms with E-state index in [-0.39, 0.29) is 11.8 Å². The van der Waals surface area contributed by atoms with E-state index in [0.717, 1.165) is 60.4 Å². The first-order valence-electron chi connectivity index (χ1n) is 17.3. The Kier molecular flexibility index (Phi) is 14.7. The summed E-state index contributed by atoms with van der Waals surface area (Å²) in [5, 5.41) is 9.75. The SMILES string of the molecule is C=CCCN1CC(C)C1.CNC.CO.COc1ccc2c(c1)C1CC1(C(N)=O)CN(C)c1cc(C(N)=O)ccc1/C(C1CCCCC1)=C/2. The summed E-state index contributed by atoms with van der Waals surface area (Å²) < 4.78 is 5.53. The molecule has 2 atom stereocenters. The highest BCUT2D eigenvalue weighted by Crippen LogP contribution is 2.61. The van der Waals surface area contributed by atoms with E-state index in [1.54, 1.807) is 7.11 Å². The third kappa shape index (κ3) is 9.27. The Hall–Kier alpha value is -3.66. The first kappa shape index (κ1) is 38.8. The first-order chi connectivity index (χ1) is 23.1. The Morgan fingerprint density at radius 1 is 1.08 bits per heavy atom. The number of carbonyl (C=O) groups excluding carboxylic acids is 2. The quantitative estimate of drug-likeness (QED) is 0.297. The summed E-state index contributed by atoms with van der Waals surface area (Å²) >= 11 is 0. The van der Waals surface area contributed by atoms with Gasteiger partial charge in [0.2, 0.25) is 11.8 Å². The van der Waals surface area contributed by atoms with E-state index < -0.39 is 11.3 Å². The molecule has 2 aromatic rings. The average Bonchev–Trinajstić information content (AvgIpc) is 3.81. The third-order valence-corrected chi connectivity index (χ3v) is 9.90. The number of anilines is 1. The number of likely N-dealkylation sites (tertiary alicyclic amines) is 1. The van der Waals surface area contributed by atoms with Gasteiger partial charge >= 0.3 is 0 Å². The largest absolute Gasteiger partial charge is 0.497 e. The number of benzene rings is 2. The van der Waals surface area contributed by atoms with Crippen LogP contribution in [0, 0.1) is 17.3 Å². The van der Waals surface area contributed by atoms with Crippen LogP contribution in [0.2, 0.25) is 0 Å². The molecule has 2 aromatic carbocycles. The van der Waals surface area contributed by atoms with Crippen molar-refractivity contribution in [1.82, 2.24) is 10.2 Å². The van der Waals surface area contributed by atoms with Crippen molar-refractivity contribution in [2.45, 2.75) is 57.8 Å². The molecular formula is C39H59N5O4. The average molecular weight is 662 g/mol. The first-order valence-corrected chi connectivity index (χ1v) is 17.3. The molecule has 9 heteroatoms. The lowest BCUT2D eigenvalue weighted by molar-refractivity contribution is -0.122. The number of hydrogen-bond acceptors (Lipinski definition) is 7. The van der Waals surface area contributed by atoms with Crippen LogP contribution in [-0.4, -0.2) is 83.4 Å². The fourth-order valence-corrected chi connectivity index (χ4v) is 7.39. The standard InChI is InChI=1S/C28H33N3O3.C8H15N.C2H7N.CH4O/c1-31-16-28(27(30)33)15-24(28)23-14-20(34-2)10-8-18(23)12-22(17-6-4-3-5-7-17)21-11-9-19(26(29)32)13-25(21)31;1-3-4-5-9-6-8(2)7-9;1-3-2;1-2/h8-14,17,24H,3-7,15-16H2,1-2H3,(H2,29,32)(H2,30,33);3,8H,1,4-7H2,2H3;3H,1-2H3;2H,1H3/b22-12+;;;. The Morgan fingerprint density at radius 3 is 2.31 bits per heavy atom. The van der Waals surface area contributed by atoms with Crippen molar-refractivity contribution in [3.8, 4) is 5.75 Å². The number of allylic oxidation sites excluding steroid dienone is 1. The second kappa shape index (κ2) is 18.2. The number of aliphatic hydroxyl groups excluding tert-OH is 1. The Labute approximate surface area is 288 Å². The van der Waals surface area contributed by atoms with Crippen molar-refractivity contribution in [2.24, 2.45) is 28.7 Å². The number of primary amides is 2. The van der Waals surface area contributed by atoms with Gasteiger partial charge in [0.25, 0.3) is 0 Å². The van der Waals surface area contributed by atoms with Crippen molar-refractivity contribution in [1.29, 1.82) is 0 Å². The molecule has 2 saturated carbocycles. The number of nitrogens with zero attached hydrogens (tertiary/aromatic N) is 2. The van der Waals surface area contributed by atoms with E-state index in [1.807, 2.05) is 51.5 Å². The summed E-state index contributed by atoms with van der Waals surface area (Å²) in [6.45, 7) is 10.3.